The number of carbonyl (C=O) groups is 2. The van der Waals surface area contributed by atoms with Crippen LogP contribution in [0.3, 0.4) is 0 Å². The first-order chi connectivity index (χ1) is 14.0. The first-order valence-corrected chi connectivity index (χ1v) is 9.95. The Labute approximate surface area is 175 Å². The minimum absolute atomic E-state index is 0.0285. The van der Waals surface area contributed by atoms with E-state index in [0.29, 0.717) is 13.0 Å². The monoisotopic (exact) mass is 419 g/mol. The molecule has 1 aliphatic rings. The van der Waals surface area contributed by atoms with Crippen LogP contribution in [0.15, 0.2) is 48.5 Å². The van der Waals surface area contributed by atoms with Crippen molar-refractivity contribution in [3.05, 3.63) is 59.7 Å². The summed E-state index contributed by atoms with van der Waals surface area (Å²) >= 11 is 4.19. The zero-order valence-electron chi connectivity index (χ0n) is 16.1. The molecule has 0 spiro atoms. The van der Waals surface area contributed by atoms with Gasteiger partial charge < -0.3 is 20.7 Å². The van der Waals surface area contributed by atoms with E-state index in [1.807, 2.05) is 24.3 Å². The lowest BCUT2D eigenvalue weighted by Crippen LogP contribution is -2.25. The van der Waals surface area contributed by atoms with Crippen LogP contribution in [0.5, 0.6) is 0 Å². The highest BCUT2D eigenvalue weighted by atomic mass is 35.5. The molecule has 0 aromatic heterocycles. The fourth-order valence-electron chi connectivity index (χ4n) is 3.48. The fraction of sp³-hybridized carbons (Fsp3) is 0.364. The van der Waals surface area contributed by atoms with Crippen molar-refractivity contribution in [3.63, 3.8) is 0 Å². The second-order valence-corrected chi connectivity index (χ2v) is 7.09. The predicted molar refractivity (Wildman–Crippen MR) is 112 cm³/mol. The van der Waals surface area contributed by atoms with Crippen LogP contribution < -0.4 is 5.73 Å². The molecule has 0 heterocycles. The number of carbonyl (C=O) groups excluding carboxylic acids is 1. The number of benzene rings is 2. The maximum atomic E-state index is 12.1. The maximum Gasteiger partial charge on any atom is 0.401 e. The zero-order valence-corrected chi connectivity index (χ0v) is 16.8. The number of nitrogens with two attached hydrogens (primary N) is 1. The smallest absolute Gasteiger partial charge is 0.401 e. The molecule has 1 unspecified atom stereocenters. The highest BCUT2D eigenvalue weighted by molar-refractivity contribution is 6.60. The van der Waals surface area contributed by atoms with E-state index < -0.39 is 17.5 Å². The quantitative estimate of drug-likeness (QED) is 0.337. The van der Waals surface area contributed by atoms with Crippen molar-refractivity contribution in [1.82, 2.24) is 0 Å². The van der Waals surface area contributed by atoms with Crippen molar-refractivity contribution < 1.29 is 24.5 Å². The summed E-state index contributed by atoms with van der Waals surface area (Å²) in [5.41, 5.74) is 8.83. The predicted octanol–water partition coefficient (Wildman–Crippen LogP) is 4.13. The van der Waals surface area contributed by atoms with Crippen molar-refractivity contribution in [2.75, 3.05) is 13.2 Å². The Morgan fingerprint density at radius 3 is 2.03 bits per heavy atom. The molecule has 1 atom stereocenters. The molecule has 156 valence electrons. The minimum atomic E-state index is -1.36. The Morgan fingerprint density at radius 2 is 1.52 bits per heavy atom. The van der Waals surface area contributed by atoms with Crippen molar-refractivity contribution in [2.45, 2.75) is 37.7 Å². The standard InChI is InChI=1S/C21H25NO3.CHClO2/c22-13-7-1-2-12-20(23)21(24)25-14-19-17-10-5-3-8-15(17)16-9-4-6-11-18(16)19;2-1(3)4/h3-6,8-11,19-20,23H,1-2,7,12-14,22H2;(H,3,4). The lowest BCUT2D eigenvalue weighted by atomic mass is 9.98. The van der Waals surface area contributed by atoms with Crippen molar-refractivity contribution in [3.8, 4) is 11.1 Å². The average Bonchev–Trinajstić information content (AvgIpc) is 3.03. The van der Waals surface area contributed by atoms with E-state index in [0.717, 1.165) is 19.3 Å². The summed E-state index contributed by atoms with van der Waals surface area (Å²) < 4.78 is 5.44. The number of hydrogen-bond acceptors (Lipinski definition) is 5. The van der Waals surface area contributed by atoms with Gasteiger partial charge in [0, 0.05) is 17.5 Å². The van der Waals surface area contributed by atoms with E-state index in [9.17, 15) is 9.90 Å². The summed E-state index contributed by atoms with van der Waals surface area (Å²) in [4.78, 5) is 20.9. The summed E-state index contributed by atoms with van der Waals surface area (Å²) in [5, 5.41) is 17.2. The minimum Gasteiger partial charge on any atom is -0.469 e. The average molecular weight is 420 g/mol. The lowest BCUT2D eigenvalue weighted by molar-refractivity contribution is -0.154. The molecule has 3 rings (SSSR count). The van der Waals surface area contributed by atoms with E-state index in [2.05, 4.69) is 35.9 Å². The van der Waals surface area contributed by atoms with Crippen LogP contribution in [0.25, 0.3) is 11.1 Å². The number of hydrogen-bond donors (Lipinski definition) is 3. The van der Waals surface area contributed by atoms with Gasteiger partial charge in [-0.15, -0.1) is 0 Å². The highest BCUT2D eigenvalue weighted by Gasteiger charge is 2.29. The normalized spacial score (nSPS) is 12.9. The topological polar surface area (TPSA) is 110 Å². The van der Waals surface area contributed by atoms with Crippen LogP contribution in [-0.4, -0.2) is 40.9 Å². The molecule has 0 bridgehead atoms. The number of carboxylic acid groups (broad SMARTS) is 1. The van der Waals surface area contributed by atoms with Gasteiger partial charge in [-0.1, -0.05) is 61.4 Å². The van der Waals surface area contributed by atoms with Crippen LogP contribution in [0.1, 0.15) is 42.7 Å². The first-order valence-electron chi connectivity index (χ1n) is 9.57. The number of ether oxygens (including phenoxy) is 1. The Morgan fingerprint density at radius 1 is 1.00 bits per heavy atom. The number of unbranched alkanes of at least 4 members (excludes halogenated alkanes) is 2. The molecule has 2 aromatic carbocycles. The molecule has 0 fully saturated rings. The summed E-state index contributed by atoms with van der Waals surface area (Å²) in [6.45, 7) is 0.897. The second-order valence-electron chi connectivity index (χ2n) is 6.76. The molecule has 1 aliphatic carbocycles. The van der Waals surface area contributed by atoms with Gasteiger partial charge in [0.1, 0.15) is 6.61 Å². The van der Waals surface area contributed by atoms with Gasteiger partial charge in [-0.2, -0.15) is 0 Å². The molecule has 2 aromatic rings. The Kier molecular flexibility index (Phi) is 9.12. The molecule has 0 amide bonds. The van der Waals surface area contributed by atoms with E-state index >= 15 is 0 Å². The molecule has 4 N–H and O–H groups in total. The maximum absolute atomic E-state index is 12.1. The highest BCUT2D eigenvalue weighted by Crippen LogP contribution is 2.44. The van der Waals surface area contributed by atoms with Crippen LogP contribution in [0, 0.1) is 0 Å². The number of esters is 1. The van der Waals surface area contributed by atoms with Gasteiger partial charge in [0.15, 0.2) is 6.10 Å². The van der Waals surface area contributed by atoms with Gasteiger partial charge >= 0.3 is 11.4 Å². The van der Waals surface area contributed by atoms with Crippen LogP contribution >= 0.6 is 11.6 Å². The molecular formula is C22H26ClNO5. The lowest BCUT2D eigenvalue weighted by Gasteiger charge is -2.16. The van der Waals surface area contributed by atoms with Gasteiger partial charge in [0.2, 0.25) is 0 Å². The molecule has 29 heavy (non-hydrogen) atoms. The number of aliphatic hydroxyl groups is 1. The summed E-state index contributed by atoms with van der Waals surface area (Å²) in [7, 11) is 0. The SMILES string of the molecule is NCCCCCC(O)C(=O)OCC1c2ccccc2-c2ccccc21.O=C(O)Cl. The third-order valence-electron chi connectivity index (χ3n) is 4.81. The Bertz CT molecular complexity index is 777. The van der Waals surface area contributed by atoms with E-state index in [1.54, 1.807) is 0 Å². The third kappa shape index (κ3) is 6.56. The Balaban J connectivity index is 0.000000687. The van der Waals surface area contributed by atoms with E-state index in [4.69, 9.17) is 20.4 Å². The summed E-state index contributed by atoms with van der Waals surface area (Å²) in [6, 6.07) is 16.4. The first kappa shape index (κ1) is 22.9. The van der Waals surface area contributed by atoms with Gasteiger partial charge in [-0.05, 0) is 41.6 Å². The molecular weight excluding hydrogens is 394 g/mol. The Hall–Kier alpha value is -2.41. The van der Waals surface area contributed by atoms with Crippen molar-refractivity contribution in [2.24, 2.45) is 5.73 Å². The summed E-state index contributed by atoms with van der Waals surface area (Å²) in [6.07, 6.45) is 1.99. The third-order valence-corrected chi connectivity index (χ3v) is 4.81. The van der Waals surface area contributed by atoms with Crippen LogP contribution in [0.2, 0.25) is 0 Å². The van der Waals surface area contributed by atoms with Crippen molar-refractivity contribution >= 4 is 23.0 Å². The van der Waals surface area contributed by atoms with Gasteiger partial charge in [-0.25, -0.2) is 9.59 Å². The molecule has 0 saturated heterocycles. The number of rotatable bonds is 8. The zero-order chi connectivity index (χ0) is 21.2. The van der Waals surface area contributed by atoms with Gasteiger partial charge in [0.25, 0.3) is 0 Å². The second kappa shape index (κ2) is 11.6. The fourth-order valence-corrected chi connectivity index (χ4v) is 3.48. The van der Waals surface area contributed by atoms with Crippen LogP contribution in [0.4, 0.5) is 4.79 Å². The number of fused-ring (bicyclic) bond motifs is 3. The van der Waals surface area contributed by atoms with E-state index in [1.165, 1.54) is 22.3 Å². The largest absolute Gasteiger partial charge is 0.469 e. The number of halogens is 1. The van der Waals surface area contributed by atoms with Crippen molar-refractivity contribution in [1.29, 1.82) is 0 Å². The van der Waals surface area contributed by atoms with Gasteiger partial charge in [0.05, 0.1) is 0 Å². The van der Waals surface area contributed by atoms with Crippen LogP contribution in [-0.2, 0) is 9.53 Å². The molecule has 6 nitrogen and oxygen atoms in total. The van der Waals surface area contributed by atoms with E-state index in [-0.39, 0.29) is 12.5 Å². The number of aliphatic hydroxyl groups excluding tert-OH is 1. The summed E-state index contributed by atoms with van der Waals surface area (Å²) in [5.74, 6) is -0.504. The molecule has 0 radical (unpaired) electrons. The van der Waals surface area contributed by atoms with Gasteiger partial charge in [-0.3, -0.25) is 0 Å². The molecule has 0 saturated carbocycles. The molecule has 0 aliphatic heterocycles. The molecule has 7 heteroatoms.